The lowest BCUT2D eigenvalue weighted by Gasteiger charge is -2.27. The van der Waals surface area contributed by atoms with Gasteiger partial charge >= 0.3 is 0 Å². The van der Waals surface area contributed by atoms with Gasteiger partial charge in [0, 0.05) is 25.6 Å². The summed E-state index contributed by atoms with van der Waals surface area (Å²) in [6.45, 7) is 6.38. The SMILES string of the molecule is CCOC[C@H]1CCN(C(=O)[C@@H]2CCCCN2)C1. The van der Waals surface area contributed by atoms with Crippen LogP contribution in [0.25, 0.3) is 0 Å². The summed E-state index contributed by atoms with van der Waals surface area (Å²) < 4.78 is 5.44. The van der Waals surface area contributed by atoms with E-state index in [0.717, 1.165) is 45.7 Å². The predicted molar refractivity (Wildman–Crippen MR) is 66.8 cm³/mol. The van der Waals surface area contributed by atoms with E-state index < -0.39 is 0 Å². The van der Waals surface area contributed by atoms with Crippen LogP contribution in [0.1, 0.15) is 32.6 Å². The van der Waals surface area contributed by atoms with Crippen molar-refractivity contribution < 1.29 is 9.53 Å². The number of hydrogen-bond acceptors (Lipinski definition) is 3. The standard InChI is InChI=1S/C13H24N2O2/c1-2-17-10-11-6-8-15(9-11)13(16)12-5-3-4-7-14-12/h11-12,14H,2-10H2,1H3/t11-,12-/m0/s1. The third kappa shape index (κ3) is 3.42. The van der Waals surface area contributed by atoms with Gasteiger partial charge in [0.25, 0.3) is 0 Å². The molecule has 0 aromatic carbocycles. The molecule has 2 heterocycles. The van der Waals surface area contributed by atoms with Crippen LogP contribution in [0.15, 0.2) is 0 Å². The van der Waals surface area contributed by atoms with Crippen molar-refractivity contribution in [3.05, 3.63) is 0 Å². The van der Waals surface area contributed by atoms with Gasteiger partial charge in [-0.1, -0.05) is 6.42 Å². The van der Waals surface area contributed by atoms with E-state index in [9.17, 15) is 4.79 Å². The van der Waals surface area contributed by atoms with Crippen LogP contribution in [0.5, 0.6) is 0 Å². The summed E-state index contributed by atoms with van der Waals surface area (Å²) in [7, 11) is 0. The summed E-state index contributed by atoms with van der Waals surface area (Å²) >= 11 is 0. The molecular formula is C13H24N2O2. The molecule has 0 aliphatic carbocycles. The van der Waals surface area contributed by atoms with E-state index in [-0.39, 0.29) is 6.04 Å². The Morgan fingerprint density at radius 3 is 3.00 bits per heavy atom. The van der Waals surface area contributed by atoms with Crippen LogP contribution in [-0.2, 0) is 9.53 Å². The molecule has 4 nitrogen and oxygen atoms in total. The quantitative estimate of drug-likeness (QED) is 0.797. The zero-order valence-electron chi connectivity index (χ0n) is 10.8. The van der Waals surface area contributed by atoms with Gasteiger partial charge in [0.1, 0.15) is 0 Å². The molecule has 17 heavy (non-hydrogen) atoms. The van der Waals surface area contributed by atoms with Gasteiger partial charge in [0.05, 0.1) is 12.6 Å². The minimum Gasteiger partial charge on any atom is -0.381 e. The molecule has 2 atom stereocenters. The van der Waals surface area contributed by atoms with Gasteiger partial charge in [-0.3, -0.25) is 4.79 Å². The average molecular weight is 240 g/mol. The van der Waals surface area contributed by atoms with E-state index in [1.807, 2.05) is 11.8 Å². The van der Waals surface area contributed by atoms with Crippen LogP contribution < -0.4 is 5.32 Å². The first-order chi connectivity index (χ1) is 8.31. The number of nitrogens with zero attached hydrogens (tertiary/aromatic N) is 1. The van der Waals surface area contributed by atoms with Crippen molar-refractivity contribution in [2.24, 2.45) is 5.92 Å². The smallest absolute Gasteiger partial charge is 0.239 e. The first kappa shape index (κ1) is 12.8. The number of ether oxygens (including phenoxy) is 1. The average Bonchev–Trinajstić information content (AvgIpc) is 2.85. The number of likely N-dealkylation sites (tertiary alicyclic amines) is 1. The van der Waals surface area contributed by atoms with Gasteiger partial charge in [-0.15, -0.1) is 0 Å². The van der Waals surface area contributed by atoms with E-state index in [0.29, 0.717) is 11.8 Å². The molecule has 1 amide bonds. The molecule has 0 unspecified atom stereocenters. The van der Waals surface area contributed by atoms with Crippen molar-refractivity contribution in [2.45, 2.75) is 38.6 Å². The van der Waals surface area contributed by atoms with Crippen molar-refractivity contribution in [2.75, 3.05) is 32.8 Å². The number of carbonyl (C=O) groups excluding carboxylic acids is 1. The van der Waals surface area contributed by atoms with Crippen molar-refractivity contribution >= 4 is 5.91 Å². The summed E-state index contributed by atoms with van der Waals surface area (Å²) in [6, 6.07) is 0.0783. The van der Waals surface area contributed by atoms with Gasteiger partial charge in [0.15, 0.2) is 0 Å². The molecular weight excluding hydrogens is 216 g/mol. The highest BCUT2D eigenvalue weighted by molar-refractivity contribution is 5.82. The summed E-state index contributed by atoms with van der Waals surface area (Å²) in [5.41, 5.74) is 0. The van der Waals surface area contributed by atoms with Crippen molar-refractivity contribution in [1.82, 2.24) is 10.2 Å². The lowest BCUT2D eigenvalue weighted by atomic mass is 10.0. The lowest BCUT2D eigenvalue weighted by molar-refractivity contribution is -0.133. The van der Waals surface area contributed by atoms with Crippen molar-refractivity contribution in [1.29, 1.82) is 0 Å². The molecule has 0 saturated carbocycles. The maximum Gasteiger partial charge on any atom is 0.239 e. The molecule has 0 spiro atoms. The molecule has 0 aromatic rings. The Balaban J connectivity index is 1.76. The molecule has 4 heteroatoms. The maximum atomic E-state index is 12.2. The van der Waals surface area contributed by atoms with Crippen LogP contribution in [0.4, 0.5) is 0 Å². The summed E-state index contributed by atoms with van der Waals surface area (Å²) in [5.74, 6) is 0.853. The van der Waals surface area contributed by atoms with Crippen LogP contribution in [0.3, 0.4) is 0 Å². The van der Waals surface area contributed by atoms with Gasteiger partial charge < -0.3 is 15.0 Å². The molecule has 0 bridgehead atoms. The zero-order chi connectivity index (χ0) is 12.1. The highest BCUT2D eigenvalue weighted by atomic mass is 16.5. The Hall–Kier alpha value is -0.610. The molecule has 2 rings (SSSR count). The van der Waals surface area contributed by atoms with Crippen LogP contribution in [-0.4, -0.2) is 49.7 Å². The van der Waals surface area contributed by atoms with E-state index >= 15 is 0 Å². The highest BCUT2D eigenvalue weighted by Gasteiger charge is 2.31. The van der Waals surface area contributed by atoms with Gasteiger partial charge in [-0.25, -0.2) is 0 Å². The molecule has 2 aliphatic rings. The number of amides is 1. The number of rotatable bonds is 4. The largest absolute Gasteiger partial charge is 0.381 e. The summed E-state index contributed by atoms with van der Waals surface area (Å²) in [5, 5.41) is 3.33. The lowest BCUT2D eigenvalue weighted by Crippen LogP contribution is -2.47. The third-order valence-corrected chi connectivity index (χ3v) is 3.76. The molecule has 2 saturated heterocycles. The van der Waals surface area contributed by atoms with Gasteiger partial charge in [0.2, 0.25) is 5.91 Å². The van der Waals surface area contributed by atoms with Crippen LogP contribution in [0.2, 0.25) is 0 Å². The number of piperidine rings is 1. The van der Waals surface area contributed by atoms with E-state index in [1.165, 1.54) is 12.8 Å². The zero-order valence-corrected chi connectivity index (χ0v) is 10.8. The second-order valence-electron chi connectivity index (χ2n) is 5.10. The van der Waals surface area contributed by atoms with Crippen LogP contribution >= 0.6 is 0 Å². The minimum absolute atomic E-state index is 0.0783. The molecule has 98 valence electrons. The van der Waals surface area contributed by atoms with Crippen LogP contribution in [0, 0.1) is 5.92 Å². The van der Waals surface area contributed by atoms with Crippen molar-refractivity contribution in [3.8, 4) is 0 Å². The summed E-state index contributed by atoms with van der Waals surface area (Å²) in [6.07, 6.45) is 4.49. The fraction of sp³-hybridized carbons (Fsp3) is 0.923. The summed E-state index contributed by atoms with van der Waals surface area (Å²) in [4.78, 5) is 14.3. The fourth-order valence-electron chi connectivity index (χ4n) is 2.74. The fourth-order valence-corrected chi connectivity index (χ4v) is 2.74. The first-order valence-electron chi connectivity index (χ1n) is 6.91. The number of hydrogen-bond donors (Lipinski definition) is 1. The molecule has 2 fully saturated rings. The molecule has 1 N–H and O–H groups in total. The Morgan fingerprint density at radius 2 is 2.29 bits per heavy atom. The third-order valence-electron chi connectivity index (χ3n) is 3.76. The second kappa shape index (κ2) is 6.36. The van der Waals surface area contributed by atoms with E-state index in [1.54, 1.807) is 0 Å². The minimum atomic E-state index is 0.0783. The van der Waals surface area contributed by atoms with Gasteiger partial charge in [-0.05, 0) is 32.7 Å². The Labute approximate surface area is 104 Å². The normalized spacial score (nSPS) is 29.6. The number of carbonyl (C=O) groups is 1. The molecule has 2 aliphatic heterocycles. The highest BCUT2D eigenvalue weighted by Crippen LogP contribution is 2.19. The van der Waals surface area contributed by atoms with Crippen molar-refractivity contribution in [3.63, 3.8) is 0 Å². The molecule has 0 radical (unpaired) electrons. The van der Waals surface area contributed by atoms with E-state index in [4.69, 9.17) is 4.74 Å². The topological polar surface area (TPSA) is 41.6 Å². The number of nitrogens with one attached hydrogen (secondary N) is 1. The van der Waals surface area contributed by atoms with E-state index in [2.05, 4.69) is 5.32 Å². The second-order valence-corrected chi connectivity index (χ2v) is 5.10. The maximum absolute atomic E-state index is 12.2. The Kier molecular flexibility index (Phi) is 4.80. The van der Waals surface area contributed by atoms with Gasteiger partial charge in [-0.2, -0.15) is 0 Å². The molecule has 0 aromatic heterocycles. The Bertz CT molecular complexity index is 252. The predicted octanol–water partition coefficient (Wildman–Crippen LogP) is 1.01. The monoisotopic (exact) mass is 240 g/mol. The first-order valence-corrected chi connectivity index (χ1v) is 6.91. The Morgan fingerprint density at radius 1 is 1.41 bits per heavy atom.